The maximum Gasteiger partial charge on any atom is 0.180 e. The van der Waals surface area contributed by atoms with E-state index in [0.29, 0.717) is 17.1 Å². The van der Waals surface area contributed by atoms with E-state index in [1.54, 1.807) is 44.3 Å². The van der Waals surface area contributed by atoms with Crippen LogP contribution >= 0.6 is 0 Å². The van der Waals surface area contributed by atoms with E-state index in [0.717, 1.165) is 23.2 Å². The molecule has 0 spiro atoms. The number of nitrogens with zero attached hydrogens (tertiary/aromatic N) is 3. The smallest absolute Gasteiger partial charge is 0.180 e. The number of hydrogen-bond donors (Lipinski definition) is 2. The molecule has 0 saturated heterocycles. The van der Waals surface area contributed by atoms with Gasteiger partial charge in [0, 0.05) is 23.2 Å². The number of hydrogen-bond acceptors (Lipinski definition) is 8. The van der Waals surface area contributed by atoms with Crippen LogP contribution in [0.3, 0.4) is 0 Å². The van der Waals surface area contributed by atoms with Crippen LogP contribution in [0, 0.1) is 0 Å². The average Bonchev–Trinajstić information content (AvgIpc) is 2.85. The first kappa shape index (κ1) is 23.6. The molecule has 34 heavy (non-hydrogen) atoms. The minimum Gasteiger partial charge on any atom is -0.390 e. The second-order valence-electron chi connectivity index (χ2n) is 8.25. The third-order valence-electron chi connectivity index (χ3n) is 5.53. The largest absolute Gasteiger partial charge is 0.390 e. The van der Waals surface area contributed by atoms with Gasteiger partial charge in [-0.3, -0.25) is 0 Å². The minimum absolute atomic E-state index is 0.218. The Morgan fingerprint density at radius 2 is 1.74 bits per heavy atom. The summed E-state index contributed by atoms with van der Waals surface area (Å²) in [7, 11) is -1.44. The lowest BCUT2D eigenvalue weighted by Gasteiger charge is -2.15. The van der Waals surface area contributed by atoms with Gasteiger partial charge >= 0.3 is 0 Å². The van der Waals surface area contributed by atoms with Crippen molar-refractivity contribution in [2.75, 3.05) is 19.4 Å². The van der Waals surface area contributed by atoms with Gasteiger partial charge in [-0.1, -0.05) is 41.6 Å². The Kier molecular flexibility index (Phi) is 6.76. The zero-order chi connectivity index (χ0) is 24.3. The van der Waals surface area contributed by atoms with Gasteiger partial charge in [-0.2, -0.15) is 0 Å². The van der Waals surface area contributed by atoms with E-state index in [1.165, 1.54) is 5.56 Å². The normalized spacial score (nSPS) is 13.9. The van der Waals surface area contributed by atoms with E-state index in [1.807, 2.05) is 37.4 Å². The van der Waals surface area contributed by atoms with Crippen molar-refractivity contribution in [2.45, 2.75) is 30.5 Å². The van der Waals surface area contributed by atoms with Crippen molar-refractivity contribution in [1.82, 2.24) is 15.3 Å². The number of nitrogen functional groups attached to an aromatic ring is 1. The standard InChI is InChI=1S/C25H27N5O3S/c1-16(2)34(31,32)21-10-8-19(9-11-21)23-14-28-25(26)24(29-23)20-12-22(30-33-15-20)18-6-4-17(5-7-18)13-27-3/h4-12,14,16,27H,13,15H2,1-3H3,(H2,26,28). The monoisotopic (exact) mass is 477 g/mol. The zero-order valence-electron chi connectivity index (χ0n) is 19.3. The van der Waals surface area contributed by atoms with Gasteiger partial charge in [0.15, 0.2) is 9.84 Å². The van der Waals surface area contributed by atoms with Crippen LogP contribution in [0.1, 0.15) is 30.7 Å². The van der Waals surface area contributed by atoms with Crippen molar-refractivity contribution in [3.8, 4) is 11.3 Å². The summed E-state index contributed by atoms with van der Waals surface area (Å²) in [5.74, 6) is 0.281. The third kappa shape index (κ3) is 4.85. The van der Waals surface area contributed by atoms with Gasteiger partial charge in [-0.15, -0.1) is 0 Å². The Morgan fingerprint density at radius 3 is 2.38 bits per heavy atom. The second-order valence-corrected chi connectivity index (χ2v) is 10.8. The van der Waals surface area contributed by atoms with Crippen molar-refractivity contribution in [3.05, 3.63) is 77.6 Å². The summed E-state index contributed by atoms with van der Waals surface area (Å²) in [5.41, 5.74) is 11.5. The fourth-order valence-electron chi connectivity index (χ4n) is 3.54. The van der Waals surface area contributed by atoms with E-state index < -0.39 is 15.1 Å². The van der Waals surface area contributed by atoms with Crippen LogP contribution in [0.25, 0.3) is 16.8 Å². The van der Waals surface area contributed by atoms with Crippen molar-refractivity contribution in [2.24, 2.45) is 5.16 Å². The Hall–Kier alpha value is -3.56. The van der Waals surface area contributed by atoms with Crippen molar-refractivity contribution in [1.29, 1.82) is 0 Å². The highest BCUT2D eigenvalue weighted by molar-refractivity contribution is 7.92. The van der Waals surface area contributed by atoms with Crippen LogP contribution in [0.5, 0.6) is 0 Å². The Labute approximate surface area is 199 Å². The molecule has 2 aromatic carbocycles. The van der Waals surface area contributed by atoms with Gasteiger partial charge in [0.2, 0.25) is 0 Å². The first-order chi connectivity index (χ1) is 16.3. The molecule has 4 rings (SSSR count). The summed E-state index contributed by atoms with van der Waals surface area (Å²) >= 11 is 0. The molecule has 3 N–H and O–H groups in total. The summed E-state index contributed by atoms with van der Waals surface area (Å²) in [6.45, 7) is 4.33. The van der Waals surface area contributed by atoms with Gasteiger partial charge in [-0.05, 0) is 44.7 Å². The summed E-state index contributed by atoms with van der Waals surface area (Å²) in [4.78, 5) is 14.8. The maximum atomic E-state index is 12.4. The molecule has 1 aromatic heterocycles. The van der Waals surface area contributed by atoms with Gasteiger partial charge in [0.1, 0.15) is 23.8 Å². The quantitative estimate of drug-likeness (QED) is 0.535. The highest BCUT2D eigenvalue weighted by atomic mass is 32.2. The van der Waals surface area contributed by atoms with Crippen LogP contribution in [-0.4, -0.2) is 43.0 Å². The van der Waals surface area contributed by atoms with Crippen LogP contribution in [0.2, 0.25) is 0 Å². The number of nitrogens with two attached hydrogens (primary N) is 1. The van der Waals surface area contributed by atoms with Crippen LogP contribution < -0.4 is 11.1 Å². The fraction of sp³-hybridized carbons (Fsp3) is 0.240. The van der Waals surface area contributed by atoms with Crippen molar-refractivity contribution in [3.63, 3.8) is 0 Å². The zero-order valence-corrected chi connectivity index (χ0v) is 20.1. The molecule has 9 heteroatoms. The first-order valence-electron chi connectivity index (χ1n) is 10.9. The summed E-state index contributed by atoms with van der Waals surface area (Å²) in [6, 6.07) is 14.7. The van der Waals surface area contributed by atoms with Gasteiger partial charge in [0.25, 0.3) is 0 Å². The predicted molar refractivity (Wildman–Crippen MR) is 134 cm³/mol. The lowest BCUT2D eigenvalue weighted by molar-refractivity contribution is 0.177. The number of nitrogens with one attached hydrogen (secondary N) is 1. The van der Waals surface area contributed by atoms with E-state index in [9.17, 15) is 8.42 Å². The summed E-state index contributed by atoms with van der Waals surface area (Å²) < 4.78 is 24.8. The molecule has 0 amide bonds. The third-order valence-corrected chi connectivity index (χ3v) is 7.70. The molecule has 0 radical (unpaired) electrons. The molecule has 0 saturated carbocycles. The number of allylic oxidation sites excluding steroid dienone is 1. The molecule has 0 fully saturated rings. The fourth-order valence-corrected chi connectivity index (χ4v) is 4.60. The predicted octanol–water partition coefficient (Wildman–Crippen LogP) is 3.45. The number of benzene rings is 2. The molecule has 1 aliphatic rings. The molecule has 0 bridgehead atoms. The lowest BCUT2D eigenvalue weighted by atomic mass is 10.0. The SMILES string of the molecule is CNCc1ccc(C2=NOCC(c3nc(-c4ccc(S(=O)(=O)C(C)C)cc4)cnc3N)=C2)cc1. The van der Waals surface area contributed by atoms with E-state index in [2.05, 4.69) is 15.5 Å². The molecule has 176 valence electrons. The van der Waals surface area contributed by atoms with Crippen LogP contribution in [-0.2, 0) is 21.2 Å². The van der Waals surface area contributed by atoms with E-state index in [4.69, 9.17) is 15.6 Å². The number of anilines is 1. The van der Waals surface area contributed by atoms with E-state index in [-0.39, 0.29) is 17.3 Å². The molecule has 0 unspecified atom stereocenters. The number of oxime groups is 1. The maximum absolute atomic E-state index is 12.4. The highest BCUT2D eigenvalue weighted by Crippen LogP contribution is 2.27. The first-order valence-corrected chi connectivity index (χ1v) is 12.5. The topological polar surface area (TPSA) is 120 Å². The molecule has 3 aromatic rings. The van der Waals surface area contributed by atoms with Gasteiger partial charge in [0.05, 0.1) is 22.0 Å². The Bertz CT molecular complexity index is 1350. The van der Waals surface area contributed by atoms with Crippen LogP contribution in [0.15, 0.2) is 70.9 Å². The summed E-state index contributed by atoms with van der Waals surface area (Å²) in [5, 5.41) is 6.82. The van der Waals surface area contributed by atoms with Crippen molar-refractivity contribution >= 4 is 26.9 Å². The highest BCUT2D eigenvalue weighted by Gasteiger charge is 2.20. The minimum atomic E-state index is -3.34. The number of sulfone groups is 1. The Balaban J connectivity index is 1.64. The molecule has 1 aliphatic heterocycles. The number of aromatic nitrogens is 2. The second kappa shape index (κ2) is 9.74. The molecular weight excluding hydrogens is 450 g/mol. The molecule has 2 heterocycles. The number of rotatable bonds is 7. The Morgan fingerprint density at radius 1 is 1.06 bits per heavy atom. The van der Waals surface area contributed by atoms with Gasteiger partial charge < -0.3 is 15.9 Å². The average molecular weight is 478 g/mol. The molecule has 8 nitrogen and oxygen atoms in total. The van der Waals surface area contributed by atoms with Crippen molar-refractivity contribution < 1.29 is 13.3 Å². The van der Waals surface area contributed by atoms with Gasteiger partial charge in [-0.25, -0.2) is 18.4 Å². The molecular formula is C25H27N5O3S. The van der Waals surface area contributed by atoms with E-state index >= 15 is 0 Å². The van der Waals surface area contributed by atoms with Crippen LogP contribution in [0.4, 0.5) is 5.82 Å². The molecule has 0 atom stereocenters. The lowest BCUT2D eigenvalue weighted by Crippen LogP contribution is -2.13. The molecule has 0 aliphatic carbocycles. The summed E-state index contributed by atoms with van der Waals surface area (Å²) in [6.07, 6.45) is 3.48.